The van der Waals surface area contributed by atoms with E-state index in [9.17, 15) is 0 Å². The third kappa shape index (κ3) is 3.58. The van der Waals surface area contributed by atoms with Gasteiger partial charge in [-0.15, -0.1) is 0 Å². The molecule has 1 aromatic carbocycles. The molecule has 21 heavy (non-hydrogen) atoms. The van der Waals surface area contributed by atoms with Gasteiger partial charge in [0, 0.05) is 37.5 Å². The fraction of sp³-hybridized carbons (Fsp3) is 0.667. The Kier molecular flexibility index (Phi) is 5.65. The Morgan fingerprint density at radius 1 is 1.29 bits per heavy atom. The predicted octanol–water partition coefficient (Wildman–Crippen LogP) is 3.58. The van der Waals surface area contributed by atoms with Crippen molar-refractivity contribution in [2.75, 3.05) is 25.1 Å². The lowest BCUT2D eigenvalue weighted by Gasteiger charge is -2.48. The van der Waals surface area contributed by atoms with E-state index in [2.05, 4.69) is 55.3 Å². The van der Waals surface area contributed by atoms with E-state index in [-0.39, 0.29) is 5.54 Å². The second-order valence-electron chi connectivity index (χ2n) is 6.16. The quantitative estimate of drug-likeness (QED) is 0.866. The molecule has 1 heterocycles. The van der Waals surface area contributed by atoms with Crippen LogP contribution in [0.15, 0.2) is 24.3 Å². The van der Waals surface area contributed by atoms with Gasteiger partial charge in [0.1, 0.15) is 0 Å². The van der Waals surface area contributed by atoms with E-state index in [1.54, 1.807) is 7.11 Å². The summed E-state index contributed by atoms with van der Waals surface area (Å²) in [6.45, 7) is 9.72. The average Bonchev–Trinajstić information content (AvgIpc) is 2.55. The molecule has 0 spiro atoms. The minimum Gasteiger partial charge on any atom is -0.380 e. The molecule has 1 N–H and O–H groups in total. The predicted molar refractivity (Wildman–Crippen MR) is 89.9 cm³/mol. The van der Waals surface area contributed by atoms with Gasteiger partial charge in [-0.3, -0.25) is 0 Å². The summed E-state index contributed by atoms with van der Waals surface area (Å²) in [7, 11) is 1.76. The molecule has 1 aromatic rings. The summed E-state index contributed by atoms with van der Waals surface area (Å²) >= 11 is 0. The van der Waals surface area contributed by atoms with Gasteiger partial charge in [0.05, 0.1) is 6.61 Å². The number of anilines is 1. The zero-order chi connectivity index (χ0) is 15.3. The summed E-state index contributed by atoms with van der Waals surface area (Å²) in [5, 5.41) is 3.81. The Balaban J connectivity index is 2.26. The number of nitrogens with one attached hydrogen (secondary N) is 1. The lowest BCUT2D eigenvalue weighted by molar-refractivity contribution is 0.185. The zero-order valence-corrected chi connectivity index (χ0v) is 14.0. The molecule has 0 amide bonds. The molecule has 0 aromatic heterocycles. The van der Waals surface area contributed by atoms with Gasteiger partial charge in [-0.1, -0.05) is 32.9 Å². The minimum absolute atomic E-state index is 0.253. The maximum atomic E-state index is 5.28. The number of rotatable bonds is 6. The van der Waals surface area contributed by atoms with Crippen LogP contribution in [0.5, 0.6) is 0 Å². The van der Waals surface area contributed by atoms with E-state index in [1.807, 2.05) is 0 Å². The Labute approximate surface area is 129 Å². The molecule has 1 unspecified atom stereocenters. The van der Waals surface area contributed by atoms with Gasteiger partial charge in [0.25, 0.3) is 0 Å². The molecule has 1 aliphatic rings. The van der Waals surface area contributed by atoms with E-state index in [0.29, 0.717) is 12.6 Å². The molecule has 0 radical (unpaired) electrons. The smallest absolute Gasteiger partial charge is 0.0713 e. The highest BCUT2D eigenvalue weighted by atomic mass is 16.5. The molecule has 1 aliphatic heterocycles. The first-order chi connectivity index (χ1) is 10.2. The van der Waals surface area contributed by atoms with E-state index < -0.39 is 0 Å². The van der Waals surface area contributed by atoms with Crippen molar-refractivity contribution in [1.29, 1.82) is 0 Å². The van der Waals surface area contributed by atoms with Gasteiger partial charge >= 0.3 is 0 Å². The first-order valence-electron chi connectivity index (χ1n) is 8.27. The van der Waals surface area contributed by atoms with Crippen LogP contribution in [0.25, 0.3) is 0 Å². The van der Waals surface area contributed by atoms with E-state index >= 15 is 0 Å². The topological polar surface area (TPSA) is 24.5 Å². The van der Waals surface area contributed by atoms with Crippen molar-refractivity contribution in [3.05, 3.63) is 29.8 Å². The molecular weight excluding hydrogens is 260 g/mol. The molecule has 1 atom stereocenters. The highest BCUT2D eigenvalue weighted by molar-refractivity contribution is 5.51. The van der Waals surface area contributed by atoms with Crippen LogP contribution in [0.3, 0.4) is 0 Å². The number of nitrogens with zero attached hydrogens (tertiary/aromatic N) is 1. The monoisotopic (exact) mass is 290 g/mol. The molecule has 0 saturated carbocycles. The Morgan fingerprint density at radius 3 is 2.67 bits per heavy atom. The highest BCUT2D eigenvalue weighted by Gasteiger charge is 2.36. The summed E-state index contributed by atoms with van der Waals surface area (Å²) in [5.41, 5.74) is 2.84. The number of hydrogen-bond donors (Lipinski definition) is 1. The molecule has 1 saturated heterocycles. The minimum atomic E-state index is 0.253. The first kappa shape index (κ1) is 16.3. The average molecular weight is 290 g/mol. The highest BCUT2D eigenvalue weighted by Crippen LogP contribution is 2.29. The molecule has 2 rings (SSSR count). The van der Waals surface area contributed by atoms with E-state index in [1.165, 1.54) is 30.5 Å². The normalized spacial score (nSPS) is 21.5. The Hall–Kier alpha value is -1.06. The van der Waals surface area contributed by atoms with Crippen molar-refractivity contribution in [3.8, 4) is 0 Å². The van der Waals surface area contributed by atoms with Crippen molar-refractivity contribution in [2.45, 2.75) is 58.2 Å². The van der Waals surface area contributed by atoms with Crippen molar-refractivity contribution in [1.82, 2.24) is 5.32 Å². The first-order valence-corrected chi connectivity index (χ1v) is 8.27. The van der Waals surface area contributed by atoms with Crippen LogP contribution in [-0.2, 0) is 11.3 Å². The lowest BCUT2D eigenvalue weighted by Crippen LogP contribution is -2.64. The van der Waals surface area contributed by atoms with Gasteiger partial charge in [-0.2, -0.15) is 0 Å². The third-order valence-corrected chi connectivity index (χ3v) is 5.00. The van der Waals surface area contributed by atoms with Crippen LogP contribution in [0.2, 0.25) is 0 Å². The zero-order valence-electron chi connectivity index (χ0n) is 14.0. The second kappa shape index (κ2) is 7.28. The standard InChI is InChI=1S/C18H30N2O/c1-5-16-12-19-18(6-2,7-3)14-20(16)17-10-8-9-15(11-17)13-21-4/h8-11,16,19H,5-7,12-14H2,1-4H3. The molecule has 3 heteroatoms. The Bertz CT molecular complexity index is 443. The summed E-state index contributed by atoms with van der Waals surface area (Å²) in [4.78, 5) is 2.60. The van der Waals surface area contributed by atoms with Crippen molar-refractivity contribution >= 4 is 5.69 Å². The largest absolute Gasteiger partial charge is 0.380 e. The maximum absolute atomic E-state index is 5.28. The van der Waals surface area contributed by atoms with Crippen LogP contribution in [0.4, 0.5) is 5.69 Å². The molecular formula is C18H30N2O. The summed E-state index contributed by atoms with van der Waals surface area (Å²) < 4.78 is 5.28. The van der Waals surface area contributed by atoms with Gasteiger partial charge < -0.3 is 15.0 Å². The van der Waals surface area contributed by atoms with Crippen LogP contribution >= 0.6 is 0 Å². The van der Waals surface area contributed by atoms with Crippen LogP contribution < -0.4 is 10.2 Å². The molecule has 1 fully saturated rings. The second-order valence-corrected chi connectivity index (χ2v) is 6.16. The fourth-order valence-corrected chi connectivity index (χ4v) is 3.34. The van der Waals surface area contributed by atoms with Crippen molar-refractivity contribution < 1.29 is 4.74 Å². The van der Waals surface area contributed by atoms with Gasteiger partial charge in [0.15, 0.2) is 0 Å². The van der Waals surface area contributed by atoms with Crippen LogP contribution in [-0.4, -0.2) is 31.8 Å². The molecule has 118 valence electrons. The van der Waals surface area contributed by atoms with E-state index in [0.717, 1.165) is 13.1 Å². The number of methoxy groups -OCH3 is 1. The SMILES string of the molecule is CCC1CNC(CC)(CC)CN1c1cccc(COC)c1. The molecule has 0 bridgehead atoms. The number of hydrogen-bond acceptors (Lipinski definition) is 3. The lowest BCUT2D eigenvalue weighted by atomic mass is 9.87. The summed E-state index contributed by atoms with van der Waals surface area (Å²) in [6, 6.07) is 9.40. The van der Waals surface area contributed by atoms with Crippen molar-refractivity contribution in [2.24, 2.45) is 0 Å². The van der Waals surface area contributed by atoms with Gasteiger partial charge in [-0.25, -0.2) is 0 Å². The summed E-state index contributed by atoms with van der Waals surface area (Å²) in [6.07, 6.45) is 3.52. The third-order valence-electron chi connectivity index (χ3n) is 5.00. The number of ether oxygens (including phenoxy) is 1. The van der Waals surface area contributed by atoms with Gasteiger partial charge in [-0.05, 0) is 37.0 Å². The number of piperazine rings is 1. The van der Waals surface area contributed by atoms with Crippen LogP contribution in [0.1, 0.15) is 45.6 Å². The molecule has 0 aliphatic carbocycles. The maximum Gasteiger partial charge on any atom is 0.0713 e. The van der Waals surface area contributed by atoms with Gasteiger partial charge in [0.2, 0.25) is 0 Å². The fourth-order valence-electron chi connectivity index (χ4n) is 3.34. The van der Waals surface area contributed by atoms with E-state index in [4.69, 9.17) is 4.74 Å². The van der Waals surface area contributed by atoms with Crippen molar-refractivity contribution in [3.63, 3.8) is 0 Å². The number of benzene rings is 1. The Morgan fingerprint density at radius 2 is 2.05 bits per heavy atom. The summed E-state index contributed by atoms with van der Waals surface area (Å²) in [5.74, 6) is 0. The molecule has 3 nitrogen and oxygen atoms in total. The van der Waals surface area contributed by atoms with Crippen LogP contribution in [0, 0.1) is 0 Å².